The maximum absolute atomic E-state index is 2.37. The van der Waals surface area contributed by atoms with Crippen molar-refractivity contribution in [3.05, 3.63) is 71.4 Å². The van der Waals surface area contributed by atoms with Crippen molar-refractivity contribution < 1.29 is 0 Å². The van der Waals surface area contributed by atoms with E-state index in [-0.39, 0.29) is 5.41 Å². The zero-order valence-electron chi connectivity index (χ0n) is 12.6. The van der Waals surface area contributed by atoms with Crippen molar-refractivity contribution in [3.63, 3.8) is 0 Å². The van der Waals surface area contributed by atoms with Gasteiger partial charge in [0.15, 0.2) is 0 Å². The number of hydrogen-bond donors (Lipinski definition) is 0. The highest BCUT2D eigenvalue weighted by atomic mass is 15.2. The van der Waals surface area contributed by atoms with Crippen LogP contribution in [-0.4, -0.2) is 0 Å². The first-order valence-electron chi connectivity index (χ1n) is 7.16. The van der Waals surface area contributed by atoms with Crippen molar-refractivity contribution in [1.29, 1.82) is 0 Å². The zero-order chi connectivity index (χ0) is 14.3. The minimum atomic E-state index is 0.0892. The van der Waals surface area contributed by atoms with Gasteiger partial charge in [0.1, 0.15) is 0 Å². The molecule has 1 aliphatic rings. The second kappa shape index (κ2) is 4.52. The van der Waals surface area contributed by atoms with Crippen LogP contribution in [-0.2, 0) is 5.41 Å². The summed E-state index contributed by atoms with van der Waals surface area (Å²) < 4.78 is 0. The summed E-state index contributed by atoms with van der Waals surface area (Å²) in [6, 6.07) is 19.3. The van der Waals surface area contributed by atoms with Crippen LogP contribution in [0.3, 0.4) is 0 Å². The Bertz CT molecular complexity index is 665. The van der Waals surface area contributed by atoms with Crippen LogP contribution in [0.5, 0.6) is 0 Å². The summed E-state index contributed by atoms with van der Waals surface area (Å²) in [7, 11) is 0. The van der Waals surface area contributed by atoms with Crippen molar-refractivity contribution >= 4 is 11.4 Å². The van der Waals surface area contributed by atoms with Gasteiger partial charge in [-0.3, -0.25) is 0 Å². The van der Waals surface area contributed by atoms with Gasteiger partial charge < -0.3 is 4.90 Å². The van der Waals surface area contributed by atoms with Crippen LogP contribution in [0.15, 0.2) is 65.9 Å². The highest BCUT2D eigenvalue weighted by Crippen LogP contribution is 2.47. The van der Waals surface area contributed by atoms with E-state index in [9.17, 15) is 0 Å². The van der Waals surface area contributed by atoms with Crippen molar-refractivity contribution in [2.45, 2.75) is 33.1 Å². The number of allylic oxidation sites excluding steroid dienone is 2. The van der Waals surface area contributed by atoms with E-state index < -0.39 is 0 Å². The standard InChI is InChI=1S/C19H21N/c1-14-15(2)20(16-10-6-5-7-11-16)18-13-9-8-12-17(18)19(14,3)4/h5-13H,1-4H3. The molecule has 2 aromatic carbocycles. The van der Waals surface area contributed by atoms with Crippen LogP contribution in [0.1, 0.15) is 33.3 Å². The summed E-state index contributed by atoms with van der Waals surface area (Å²) in [4.78, 5) is 2.37. The minimum Gasteiger partial charge on any atom is -0.314 e. The monoisotopic (exact) mass is 263 g/mol. The highest BCUT2D eigenvalue weighted by molar-refractivity contribution is 5.76. The number of benzene rings is 2. The predicted molar refractivity (Wildman–Crippen MR) is 86.4 cm³/mol. The lowest BCUT2D eigenvalue weighted by molar-refractivity contribution is 0.601. The summed E-state index contributed by atoms with van der Waals surface area (Å²) in [5.74, 6) is 0. The van der Waals surface area contributed by atoms with Crippen LogP contribution in [0.4, 0.5) is 11.4 Å². The maximum Gasteiger partial charge on any atom is 0.0499 e. The smallest absolute Gasteiger partial charge is 0.0499 e. The zero-order valence-corrected chi connectivity index (χ0v) is 12.6. The number of rotatable bonds is 1. The molecule has 0 aromatic heterocycles. The Morgan fingerprint density at radius 3 is 2.10 bits per heavy atom. The molecular weight excluding hydrogens is 242 g/mol. The van der Waals surface area contributed by atoms with Gasteiger partial charge in [-0.05, 0) is 43.2 Å². The van der Waals surface area contributed by atoms with Gasteiger partial charge in [0.2, 0.25) is 0 Å². The molecule has 0 saturated carbocycles. The topological polar surface area (TPSA) is 3.24 Å². The summed E-state index contributed by atoms with van der Waals surface area (Å²) in [5, 5.41) is 0. The van der Waals surface area contributed by atoms with Crippen LogP contribution >= 0.6 is 0 Å². The molecule has 0 radical (unpaired) electrons. The Hall–Kier alpha value is -2.02. The molecule has 0 aliphatic carbocycles. The van der Waals surface area contributed by atoms with Crippen molar-refractivity contribution in [3.8, 4) is 0 Å². The third-order valence-corrected chi connectivity index (χ3v) is 4.65. The molecule has 0 fully saturated rings. The normalized spacial score (nSPS) is 17.1. The fourth-order valence-corrected chi connectivity index (χ4v) is 3.11. The molecule has 2 aromatic rings. The fraction of sp³-hybridized carbons (Fsp3) is 0.263. The van der Waals surface area contributed by atoms with Crippen LogP contribution in [0, 0.1) is 0 Å². The Morgan fingerprint density at radius 1 is 0.800 bits per heavy atom. The molecule has 1 nitrogen and oxygen atoms in total. The van der Waals surface area contributed by atoms with E-state index in [2.05, 4.69) is 87.2 Å². The third kappa shape index (κ3) is 1.77. The summed E-state index contributed by atoms with van der Waals surface area (Å²) in [6.07, 6.45) is 0. The van der Waals surface area contributed by atoms with Gasteiger partial charge in [-0.25, -0.2) is 0 Å². The highest BCUT2D eigenvalue weighted by Gasteiger charge is 2.34. The van der Waals surface area contributed by atoms with Gasteiger partial charge in [-0.1, -0.05) is 50.2 Å². The largest absolute Gasteiger partial charge is 0.314 e. The van der Waals surface area contributed by atoms with E-state index >= 15 is 0 Å². The van der Waals surface area contributed by atoms with Crippen LogP contribution < -0.4 is 4.90 Å². The van der Waals surface area contributed by atoms with Crippen molar-refractivity contribution in [2.75, 3.05) is 4.90 Å². The molecule has 0 amide bonds. The predicted octanol–water partition coefficient (Wildman–Crippen LogP) is 5.41. The lowest BCUT2D eigenvalue weighted by Gasteiger charge is -2.42. The average Bonchev–Trinajstić information content (AvgIpc) is 2.47. The molecule has 0 atom stereocenters. The molecule has 0 spiro atoms. The second-order valence-corrected chi connectivity index (χ2v) is 6.02. The van der Waals surface area contributed by atoms with Crippen molar-refractivity contribution in [1.82, 2.24) is 0 Å². The Morgan fingerprint density at radius 2 is 1.40 bits per heavy atom. The summed E-state index contributed by atoms with van der Waals surface area (Å²) in [6.45, 7) is 9.10. The van der Waals surface area contributed by atoms with Gasteiger partial charge in [-0.15, -0.1) is 0 Å². The minimum absolute atomic E-state index is 0.0892. The van der Waals surface area contributed by atoms with Crippen LogP contribution in [0.25, 0.3) is 0 Å². The molecule has 1 heteroatoms. The Labute approximate surface area is 121 Å². The van der Waals surface area contributed by atoms with E-state index in [0.29, 0.717) is 0 Å². The average molecular weight is 263 g/mol. The van der Waals surface area contributed by atoms with Gasteiger partial charge in [0, 0.05) is 22.5 Å². The van der Waals surface area contributed by atoms with E-state index in [1.807, 2.05) is 0 Å². The fourth-order valence-electron chi connectivity index (χ4n) is 3.11. The van der Waals surface area contributed by atoms with Gasteiger partial charge in [0.05, 0.1) is 0 Å². The van der Waals surface area contributed by atoms with E-state index in [4.69, 9.17) is 0 Å². The molecule has 20 heavy (non-hydrogen) atoms. The molecule has 0 bridgehead atoms. The number of anilines is 2. The lowest BCUT2D eigenvalue weighted by Crippen LogP contribution is -2.32. The molecule has 1 aliphatic heterocycles. The Kier molecular flexibility index (Phi) is 2.93. The second-order valence-electron chi connectivity index (χ2n) is 6.02. The molecule has 0 unspecified atom stereocenters. The van der Waals surface area contributed by atoms with Gasteiger partial charge in [0.25, 0.3) is 0 Å². The third-order valence-electron chi connectivity index (χ3n) is 4.65. The summed E-state index contributed by atoms with van der Waals surface area (Å²) in [5.41, 5.74) is 6.78. The molecule has 3 rings (SSSR count). The first kappa shape index (κ1) is 13.0. The van der Waals surface area contributed by atoms with E-state index in [0.717, 1.165) is 0 Å². The molecule has 0 N–H and O–H groups in total. The lowest BCUT2D eigenvalue weighted by atomic mass is 9.74. The number of nitrogens with zero attached hydrogens (tertiary/aromatic N) is 1. The Balaban J connectivity index is 2.28. The summed E-state index contributed by atoms with van der Waals surface area (Å²) >= 11 is 0. The van der Waals surface area contributed by atoms with E-state index in [1.165, 1.54) is 28.2 Å². The van der Waals surface area contributed by atoms with Crippen molar-refractivity contribution in [2.24, 2.45) is 0 Å². The van der Waals surface area contributed by atoms with Gasteiger partial charge >= 0.3 is 0 Å². The van der Waals surface area contributed by atoms with E-state index in [1.54, 1.807) is 0 Å². The first-order chi connectivity index (χ1) is 9.53. The molecule has 0 saturated heterocycles. The number of hydrogen-bond acceptors (Lipinski definition) is 1. The number of para-hydroxylation sites is 2. The quantitative estimate of drug-likeness (QED) is 0.665. The first-order valence-corrected chi connectivity index (χ1v) is 7.16. The maximum atomic E-state index is 2.37. The van der Waals surface area contributed by atoms with Gasteiger partial charge in [-0.2, -0.15) is 0 Å². The van der Waals surface area contributed by atoms with Crippen LogP contribution in [0.2, 0.25) is 0 Å². The molecule has 102 valence electrons. The SMILES string of the molecule is CC1=C(C)C(C)(C)c2ccccc2N1c1ccccc1. The number of fused-ring (bicyclic) bond motifs is 1. The molecule has 1 heterocycles. The molecular formula is C19H21N.